The highest BCUT2D eigenvalue weighted by atomic mass is 127. The Kier molecular flexibility index (Phi) is 3.77. The van der Waals surface area contributed by atoms with Gasteiger partial charge in [-0.1, -0.05) is 13.3 Å². The SMILES string of the molecule is CCC1CCN(I)C(C(=O)O)C1. The molecule has 0 spiro atoms. The van der Waals surface area contributed by atoms with Crippen LogP contribution >= 0.6 is 22.9 Å². The number of piperidine rings is 1. The van der Waals surface area contributed by atoms with Gasteiger partial charge in [-0.2, -0.15) is 0 Å². The second-order valence-electron chi connectivity index (χ2n) is 3.28. The van der Waals surface area contributed by atoms with Crippen LogP contribution in [0, 0.1) is 5.92 Å². The second-order valence-corrected chi connectivity index (χ2v) is 4.52. The average molecular weight is 283 g/mol. The fraction of sp³-hybridized carbons (Fsp3) is 0.875. The summed E-state index contributed by atoms with van der Waals surface area (Å²) in [5.74, 6) is -0.0698. The molecule has 0 saturated carbocycles. The fourth-order valence-electron chi connectivity index (χ4n) is 1.60. The zero-order valence-electron chi connectivity index (χ0n) is 7.16. The lowest BCUT2D eigenvalue weighted by molar-refractivity contribution is -0.142. The van der Waals surface area contributed by atoms with Crippen LogP contribution in [0.1, 0.15) is 26.2 Å². The molecule has 1 heterocycles. The smallest absolute Gasteiger partial charge is 0.321 e. The molecule has 1 aliphatic rings. The largest absolute Gasteiger partial charge is 0.480 e. The maximum Gasteiger partial charge on any atom is 0.321 e. The van der Waals surface area contributed by atoms with Crippen molar-refractivity contribution >= 4 is 28.8 Å². The highest BCUT2D eigenvalue weighted by Gasteiger charge is 2.31. The molecular weight excluding hydrogens is 269 g/mol. The number of nitrogens with zero attached hydrogens (tertiary/aromatic N) is 1. The first-order valence-electron chi connectivity index (χ1n) is 4.30. The van der Waals surface area contributed by atoms with Crippen molar-refractivity contribution in [3.05, 3.63) is 0 Å². The summed E-state index contributed by atoms with van der Waals surface area (Å²) >= 11 is 2.11. The molecular formula is C8H14INO2. The third kappa shape index (κ3) is 2.32. The summed E-state index contributed by atoms with van der Waals surface area (Å²) in [6.07, 6.45) is 3.06. The number of rotatable bonds is 2. The van der Waals surface area contributed by atoms with Crippen molar-refractivity contribution in [2.24, 2.45) is 5.92 Å². The molecule has 4 heteroatoms. The van der Waals surface area contributed by atoms with Gasteiger partial charge in [-0.25, -0.2) is 3.11 Å². The van der Waals surface area contributed by atoms with Crippen LogP contribution < -0.4 is 0 Å². The van der Waals surface area contributed by atoms with Gasteiger partial charge in [0, 0.05) is 29.4 Å². The van der Waals surface area contributed by atoms with Gasteiger partial charge in [0.2, 0.25) is 0 Å². The summed E-state index contributed by atoms with van der Waals surface area (Å²) in [6.45, 7) is 3.04. The minimum atomic E-state index is -0.678. The monoisotopic (exact) mass is 283 g/mol. The zero-order valence-corrected chi connectivity index (χ0v) is 9.32. The molecule has 2 atom stereocenters. The van der Waals surface area contributed by atoms with E-state index >= 15 is 0 Å². The Hall–Kier alpha value is 0.160. The molecule has 3 nitrogen and oxygen atoms in total. The number of hydrogen-bond donors (Lipinski definition) is 1. The van der Waals surface area contributed by atoms with E-state index in [1.54, 1.807) is 0 Å². The first-order chi connectivity index (χ1) is 5.65. The van der Waals surface area contributed by atoms with Gasteiger partial charge >= 0.3 is 5.97 Å². The van der Waals surface area contributed by atoms with E-state index in [2.05, 4.69) is 29.8 Å². The maximum atomic E-state index is 10.8. The predicted octanol–water partition coefficient (Wildman–Crippen LogP) is 1.91. The molecule has 0 aromatic rings. The number of carboxylic acid groups (broad SMARTS) is 1. The Morgan fingerprint density at radius 2 is 2.42 bits per heavy atom. The van der Waals surface area contributed by atoms with Crippen molar-refractivity contribution in [3.63, 3.8) is 0 Å². The Labute approximate surface area is 86.6 Å². The van der Waals surface area contributed by atoms with Crippen molar-refractivity contribution in [1.29, 1.82) is 0 Å². The first kappa shape index (κ1) is 10.2. The van der Waals surface area contributed by atoms with Crippen LogP contribution in [0.15, 0.2) is 0 Å². The Balaban J connectivity index is 2.53. The van der Waals surface area contributed by atoms with Crippen LogP contribution in [0.25, 0.3) is 0 Å². The third-order valence-electron chi connectivity index (χ3n) is 2.51. The number of hydrogen-bond acceptors (Lipinski definition) is 2. The Morgan fingerprint density at radius 3 is 2.92 bits per heavy atom. The molecule has 0 bridgehead atoms. The number of aliphatic carboxylic acids is 1. The average Bonchev–Trinajstić information content (AvgIpc) is 2.05. The second kappa shape index (κ2) is 4.41. The van der Waals surface area contributed by atoms with E-state index in [-0.39, 0.29) is 6.04 Å². The number of carbonyl (C=O) groups is 1. The highest BCUT2D eigenvalue weighted by Crippen LogP contribution is 2.27. The van der Waals surface area contributed by atoms with Gasteiger partial charge < -0.3 is 5.11 Å². The van der Waals surface area contributed by atoms with Gasteiger partial charge in [0.1, 0.15) is 6.04 Å². The van der Waals surface area contributed by atoms with Crippen molar-refractivity contribution in [1.82, 2.24) is 3.11 Å². The summed E-state index contributed by atoms with van der Waals surface area (Å²) in [5.41, 5.74) is 0. The normalized spacial score (nSPS) is 31.8. The lowest BCUT2D eigenvalue weighted by atomic mass is 9.90. The lowest BCUT2D eigenvalue weighted by Crippen LogP contribution is -2.41. The summed E-state index contributed by atoms with van der Waals surface area (Å²) in [7, 11) is 0. The molecule has 1 N–H and O–H groups in total. The van der Waals surface area contributed by atoms with E-state index < -0.39 is 5.97 Å². The zero-order chi connectivity index (χ0) is 9.14. The molecule has 0 amide bonds. The third-order valence-corrected chi connectivity index (χ3v) is 3.66. The van der Waals surface area contributed by atoms with E-state index in [0.717, 1.165) is 25.8 Å². The molecule has 12 heavy (non-hydrogen) atoms. The van der Waals surface area contributed by atoms with Gasteiger partial charge in [-0.3, -0.25) is 4.79 Å². The van der Waals surface area contributed by atoms with Crippen molar-refractivity contribution in [3.8, 4) is 0 Å². The fourth-order valence-corrected chi connectivity index (χ4v) is 2.35. The highest BCUT2D eigenvalue weighted by molar-refractivity contribution is 14.1. The number of carboxylic acids is 1. The van der Waals surface area contributed by atoms with Crippen molar-refractivity contribution < 1.29 is 9.90 Å². The van der Waals surface area contributed by atoms with E-state index in [1.165, 1.54) is 0 Å². The minimum Gasteiger partial charge on any atom is -0.480 e. The predicted molar refractivity (Wildman–Crippen MR) is 55.2 cm³/mol. The maximum absolute atomic E-state index is 10.8. The molecule has 1 rings (SSSR count). The van der Waals surface area contributed by atoms with Gasteiger partial charge in [0.05, 0.1) is 0 Å². The van der Waals surface area contributed by atoms with Gasteiger partial charge in [0.15, 0.2) is 0 Å². The van der Waals surface area contributed by atoms with E-state index in [4.69, 9.17) is 5.11 Å². The van der Waals surface area contributed by atoms with Gasteiger partial charge in [-0.05, 0) is 18.8 Å². The lowest BCUT2D eigenvalue weighted by Gasteiger charge is -2.32. The summed E-state index contributed by atoms with van der Waals surface area (Å²) in [4.78, 5) is 10.8. The molecule has 0 radical (unpaired) electrons. The summed E-state index contributed by atoms with van der Waals surface area (Å²) in [5, 5.41) is 8.88. The van der Waals surface area contributed by atoms with Crippen LogP contribution in [0.4, 0.5) is 0 Å². The molecule has 0 aromatic heterocycles. The summed E-state index contributed by atoms with van der Waals surface area (Å²) < 4.78 is 1.91. The van der Waals surface area contributed by atoms with Crippen LogP contribution in [-0.2, 0) is 4.79 Å². The van der Waals surface area contributed by atoms with Crippen LogP contribution in [0.2, 0.25) is 0 Å². The topological polar surface area (TPSA) is 40.5 Å². The standard InChI is InChI=1S/C8H14INO2/c1-2-6-3-4-10(9)7(5-6)8(11)12/h6-7H,2-5H2,1H3,(H,11,12). The van der Waals surface area contributed by atoms with Crippen LogP contribution in [-0.4, -0.2) is 26.8 Å². The van der Waals surface area contributed by atoms with Gasteiger partial charge in [0.25, 0.3) is 0 Å². The van der Waals surface area contributed by atoms with Crippen molar-refractivity contribution in [2.45, 2.75) is 32.2 Å². The molecule has 70 valence electrons. The molecule has 0 aromatic carbocycles. The summed E-state index contributed by atoms with van der Waals surface area (Å²) in [6, 6.07) is -0.260. The van der Waals surface area contributed by atoms with Crippen LogP contribution in [0.5, 0.6) is 0 Å². The molecule has 1 aliphatic heterocycles. The Bertz CT molecular complexity index is 174. The molecule has 1 fully saturated rings. The molecule has 0 aliphatic carbocycles. The van der Waals surface area contributed by atoms with Crippen molar-refractivity contribution in [2.75, 3.05) is 6.54 Å². The number of halogens is 1. The van der Waals surface area contributed by atoms with E-state index in [0.29, 0.717) is 5.92 Å². The first-order valence-corrected chi connectivity index (χ1v) is 5.26. The van der Waals surface area contributed by atoms with E-state index in [9.17, 15) is 4.79 Å². The van der Waals surface area contributed by atoms with Gasteiger partial charge in [-0.15, -0.1) is 0 Å². The molecule has 1 saturated heterocycles. The minimum absolute atomic E-state index is 0.260. The van der Waals surface area contributed by atoms with Crippen LogP contribution in [0.3, 0.4) is 0 Å². The van der Waals surface area contributed by atoms with E-state index in [1.807, 2.05) is 3.11 Å². The molecule has 2 unspecified atom stereocenters. The quantitative estimate of drug-likeness (QED) is 0.621. The Morgan fingerprint density at radius 1 is 1.75 bits per heavy atom.